The van der Waals surface area contributed by atoms with Gasteiger partial charge in [-0.1, -0.05) is 6.92 Å². The van der Waals surface area contributed by atoms with Gasteiger partial charge in [-0.2, -0.15) is 0 Å². The van der Waals surface area contributed by atoms with Crippen molar-refractivity contribution in [2.24, 2.45) is 0 Å². The van der Waals surface area contributed by atoms with Crippen LogP contribution >= 0.6 is 0 Å². The molecule has 1 unspecified atom stereocenters. The maximum Gasteiger partial charge on any atom is 0.247 e. The molecule has 0 aliphatic carbocycles. The molecule has 7 nitrogen and oxygen atoms in total. The van der Waals surface area contributed by atoms with Crippen LogP contribution in [0, 0.1) is 0 Å². The summed E-state index contributed by atoms with van der Waals surface area (Å²) < 4.78 is 24.2. The zero-order chi connectivity index (χ0) is 16.2. The van der Waals surface area contributed by atoms with Gasteiger partial charge in [0, 0.05) is 19.1 Å². The number of hydrogen-bond donors (Lipinski definition) is 1. The highest BCUT2D eigenvalue weighted by molar-refractivity contribution is 7.88. The molecule has 1 atom stereocenters. The zero-order valence-electron chi connectivity index (χ0n) is 13.1. The summed E-state index contributed by atoms with van der Waals surface area (Å²) in [6.07, 6.45) is 1.96. The summed E-state index contributed by atoms with van der Waals surface area (Å²) >= 11 is 0. The molecule has 1 heterocycles. The number of carbonyl (C=O) groups excluding carboxylic acids is 2. The molecule has 122 valence electrons. The first kappa shape index (κ1) is 18.1. The predicted octanol–water partition coefficient (Wildman–Crippen LogP) is -0.216. The Balaban J connectivity index is 2.41. The molecule has 0 saturated carbocycles. The van der Waals surface area contributed by atoms with Crippen molar-refractivity contribution in [3.63, 3.8) is 0 Å². The van der Waals surface area contributed by atoms with E-state index in [0.717, 1.165) is 0 Å². The van der Waals surface area contributed by atoms with Crippen molar-refractivity contribution < 1.29 is 18.0 Å². The topological polar surface area (TPSA) is 86.8 Å². The van der Waals surface area contributed by atoms with Gasteiger partial charge in [-0.15, -0.1) is 0 Å². The third-order valence-electron chi connectivity index (χ3n) is 3.50. The fraction of sp³-hybridized carbons (Fsp3) is 0.846. The molecule has 0 bridgehead atoms. The molecule has 0 aromatic rings. The standard InChI is InChI=1S/C13H25N3O4S/c1-5-15(21(4,19)20)8-6-7-14-11-9-12(17)16(10(2)3)13(11)18/h10-11,14H,5-9H2,1-4H3. The molecule has 0 aromatic carbocycles. The number of hydrogen-bond acceptors (Lipinski definition) is 5. The molecular formula is C13H25N3O4S. The van der Waals surface area contributed by atoms with Crippen LogP contribution in [0.15, 0.2) is 0 Å². The van der Waals surface area contributed by atoms with Gasteiger partial charge < -0.3 is 5.32 Å². The van der Waals surface area contributed by atoms with Gasteiger partial charge in [0.25, 0.3) is 0 Å². The second-order valence-corrected chi connectivity index (χ2v) is 7.50. The normalized spacial score (nSPS) is 20.1. The number of amides is 2. The van der Waals surface area contributed by atoms with Crippen molar-refractivity contribution in [2.45, 2.75) is 45.7 Å². The molecule has 1 rings (SSSR count). The Kier molecular flexibility index (Phi) is 6.30. The molecule has 1 N–H and O–H groups in total. The van der Waals surface area contributed by atoms with Crippen LogP contribution in [0.4, 0.5) is 0 Å². The average molecular weight is 319 g/mol. The summed E-state index contributed by atoms with van der Waals surface area (Å²) in [5.41, 5.74) is 0. The molecule has 8 heteroatoms. The van der Waals surface area contributed by atoms with Gasteiger partial charge in [0.1, 0.15) is 0 Å². The minimum atomic E-state index is -3.18. The van der Waals surface area contributed by atoms with E-state index in [1.165, 1.54) is 15.5 Å². The molecule has 0 aromatic heterocycles. The Morgan fingerprint density at radius 2 is 2.00 bits per heavy atom. The SMILES string of the molecule is CCN(CCCNC1CC(=O)N(C(C)C)C1=O)S(C)(=O)=O. The van der Waals surface area contributed by atoms with Crippen LogP contribution in [0.3, 0.4) is 0 Å². The van der Waals surface area contributed by atoms with Crippen molar-refractivity contribution in [3.8, 4) is 0 Å². The van der Waals surface area contributed by atoms with E-state index in [-0.39, 0.29) is 24.3 Å². The van der Waals surface area contributed by atoms with E-state index in [1.807, 2.05) is 13.8 Å². The smallest absolute Gasteiger partial charge is 0.247 e. The Bertz CT molecular complexity index is 490. The second kappa shape index (κ2) is 7.33. The maximum absolute atomic E-state index is 12.0. The van der Waals surface area contributed by atoms with E-state index < -0.39 is 16.1 Å². The third kappa shape index (κ3) is 4.76. The number of nitrogens with zero attached hydrogens (tertiary/aromatic N) is 2. The molecule has 1 aliphatic rings. The summed E-state index contributed by atoms with van der Waals surface area (Å²) in [4.78, 5) is 25.1. The van der Waals surface area contributed by atoms with Crippen LogP contribution in [0.2, 0.25) is 0 Å². The lowest BCUT2D eigenvalue weighted by Crippen LogP contribution is -2.42. The van der Waals surface area contributed by atoms with E-state index in [4.69, 9.17) is 0 Å². The first-order valence-electron chi connectivity index (χ1n) is 7.22. The molecule has 1 fully saturated rings. The highest BCUT2D eigenvalue weighted by Crippen LogP contribution is 2.16. The van der Waals surface area contributed by atoms with Crippen molar-refractivity contribution in [3.05, 3.63) is 0 Å². The maximum atomic E-state index is 12.0. The summed E-state index contributed by atoms with van der Waals surface area (Å²) in [5.74, 6) is -0.343. The van der Waals surface area contributed by atoms with Crippen molar-refractivity contribution in [2.75, 3.05) is 25.9 Å². The van der Waals surface area contributed by atoms with Crippen LogP contribution < -0.4 is 5.32 Å². The second-order valence-electron chi connectivity index (χ2n) is 5.51. The van der Waals surface area contributed by atoms with E-state index in [1.54, 1.807) is 6.92 Å². The lowest BCUT2D eigenvalue weighted by Gasteiger charge is -2.20. The largest absolute Gasteiger partial charge is 0.305 e. The van der Waals surface area contributed by atoms with Crippen molar-refractivity contribution in [1.29, 1.82) is 0 Å². The first-order valence-corrected chi connectivity index (χ1v) is 9.07. The lowest BCUT2D eigenvalue weighted by atomic mass is 10.2. The highest BCUT2D eigenvalue weighted by Gasteiger charge is 2.39. The molecule has 21 heavy (non-hydrogen) atoms. The Labute approximate surface area is 126 Å². The lowest BCUT2D eigenvalue weighted by molar-refractivity contribution is -0.140. The molecular weight excluding hydrogens is 294 g/mol. The van der Waals surface area contributed by atoms with E-state index in [9.17, 15) is 18.0 Å². The minimum absolute atomic E-state index is 0.127. The van der Waals surface area contributed by atoms with Crippen LogP contribution in [-0.2, 0) is 19.6 Å². The van der Waals surface area contributed by atoms with Crippen molar-refractivity contribution in [1.82, 2.24) is 14.5 Å². The van der Waals surface area contributed by atoms with Gasteiger partial charge in [0.15, 0.2) is 0 Å². The van der Waals surface area contributed by atoms with Crippen LogP contribution in [0.25, 0.3) is 0 Å². The van der Waals surface area contributed by atoms with Crippen LogP contribution in [0.1, 0.15) is 33.6 Å². The predicted molar refractivity (Wildman–Crippen MR) is 80.1 cm³/mol. The van der Waals surface area contributed by atoms with Gasteiger partial charge in [-0.3, -0.25) is 14.5 Å². The van der Waals surface area contributed by atoms with Gasteiger partial charge in [-0.05, 0) is 26.8 Å². The molecule has 0 radical (unpaired) electrons. The average Bonchev–Trinajstić information content (AvgIpc) is 2.62. The summed E-state index contributed by atoms with van der Waals surface area (Å²) in [7, 11) is -3.18. The zero-order valence-corrected chi connectivity index (χ0v) is 13.9. The third-order valence-corrected chi connectivity index (χ3v) is 4.87. The fourth-order valence-corrected chi connectivity index (χ4v) is 3.37. The van der Waals surface area contributed by atoms with Crippen LogP contribution in [0.5, 0.6) is 0 Å². The quantitative estimate of drug-likeness (QED) is 0.494. The number of likely N-dealkylation sites (tertiary alicyclic amines) is 1. The fourth-order valence-electron chi connectivity index (χ4n) is 2.44. The van der Waals surface area contributed by atoms with Crippen LogP contribution in [-0.4, -0.2) is 67.4 Å². The number of nitrogens with one attached hydrogen (secondary N) is 1. The van der Waals surface area contributed by atoms with Crippen molar-refractivity contribution >= 4 is 21.8 Å². The Hall–Kier alpha value is -0.990. The number of carbonyl (C=O) groups is 2. The number of rotatable bonds is 8. The van der Waals surface area contributed by atoms with Gasteiger partial charge in [-0.25, -0.2) is 12.7 Å². The van der Waals surface area contributed by atoms with E-state index in [0.29, 0.717) is 26.1 Å². The molecule has 0 spiro atoms. The molecule has 1 aliphatic heterocycles. The van der Waals surface area contributed by atoms with Gasteiger partial charge in [0.2, 0.25) is 21.8 Å². The van der Waals surface area contributed by atoms with E-state index >= 15 is 0 Å². The Morgan fingerprint density at radius 1 is 1.38 bits per heavy atom. The highest BCUT2D eigenvalue weighted by atomic mass is 32.2. The van der Waals surface area contributed by atoms with E-state index in [2.05, 4.69) is 5.32 Å². The van der Waals surface area contributed by atoms with Gasteiger partial charge >= 0.3 is 0 Å². The Morgan fingerprint density at radius 3 is 2.43 bits per heavy atom. The number of sulfonamides is 1. The molecule has 1 saturated heterocycles. The minimum Gasteiger partial charge on any atom is -0.305 e. The summed E-state index contributed by atoms with van der Waals surface area (Å²) in [6.45, 7) is 6.74. The summed E-state index contributed by atoms with van der Waals surface area (Å²) in [6, 6.07) is -0.606. The monoisotopic (exact) mass is 319 g/mol. The van der Waals surface area contributed by atoms with Gasteiger partial charge in [0.05, 0.1) is 18.7 Å². The summed E-state index contributed by atoms with van der Waals surface area (Å²) in [5, 5.41) is 3.04. The molecule has 2 amide bonds. The number of imide groups is 1. The first-order chi connectivity index (χ1) is 9.68.